The molecule has 0 radical (unpaired) electrons. The molecular formula is C12H25N3O. The molecule has 1 aliphatic rings. The van der Waals surface area contributed by atoms with Gasteiger partial charge in [-0.1, -0.05) is 6.92 Å². The highest BCUT2D eigenvalue weighted by Crippen LogP contribution is 2.08. The van der Waals surface area contributed by atoms with Crippen LogP contribution in [0.1, 0.15) is 33.1 Å². The summed E-state index contributed by atoms with van der Waals surface area (Å²) in [5.74, 6) is 0.264. The first-order valence-corrected chi connectivity index (χ1v) is 6.43. The number of likely N-dealkylation sites (N-methyl/N-ethyl adjacent to an activating group) is 1. The Bertz CT molecular complexity index is 212. The van der Waals surface area contributed by atoms with E-state index in [0.29, 0.717) is 12.6 Å². The van der Waals surface area contributed by atoms with Crippen molar-refractivity contribution in [3.8, 4) is 0 Å². The fourth-order valence-corrected chi connectivity index (χ4v) is 2.13. The Labute approximate surface area is 98.8 Å². The van der Waals surface area contributed by atoms with E-state index in [1.165, 1.54) is 0 Å². The number of rotatable bonds is 5. The maximum atomic E-state index is 12.0. The molecule has 94 valence electrons. The van der Waals surface area contributed by atoms with Crippen LogP contribution in [-0.4, -0.2) is 54.5 Å². The zero-order valence-electron chi connectivity index (χ0n) is 10.6. The van der Waals surface area contributed by atoms with Crippen LogP contribution < -0.4 is 5.73 Å². The molecule has 16 heavy (non-hydrogen) atoms. The van der Waals surface area contributed by atoms with Crippen LogP contribution in [0, 0.1) is 0 Å². The van der Waals surface area contributed by atoms with Crippen molar-refractivity contribution in [3.05, 3.63) is 0 Å². The molecule has 1 fully saturated rings. The number of hydrogen-bond donors (Lipinski definition) is 1. The minimum Gasteiger partial charge on any atom is -0.342 e. The molecule has 1 saturated heterocycles. The van der Waals surface area contributed by atoms with Crippen LogP contribution in [0.25, 0.3) is 0 Å². The molecule has 0 atom stereocenters. The number of amides is 1. The third-order valence-corrected chi connectivity index (χ3v) is 3.22. The number of carbonyl (C=O) groups excluding carboxylic acids is 1. The highest BCUT2D eigenvalue weighted by atomic mass is 16.2. The van der Waals surface area contributed by atoms with E-state index in [-0.39, 0.29) is 5.91 Å². The third kappa shape index (κ3) is 4.10. The van der Waals surface area contributed by atoms with Gasteiger partial charge in [0.15, 0.2) is 0 Å². The molecule has 1 amide bonds. The van der Waals surface area contributed by atoms with E-state index < -0.39 is 0 Å². The van der Waals surface area contributed by atoms with Crippen molar-refractivity contribution in [3.63, 3.8) is 0 Å². The highest BCUT2D eigenvalue weighted by Gasteiger charge is 2.20. The zero-order chi connectivity index (χ0) is 12.0. The van der Waals surface area contributed by atoms with E-state index >= 15 is 0 Å². The van der Waals surface area contributed by atoms with Gasteiger partial charge in [0.1, 0.15) is 0 Å². The maximum absolute atomic E-state index is 12.0. The predicted molar refractivity (Wildman–Crippen MR) is 66.2 cm³/mol. The van der Waals surface area contributed by atoms with E-state index in [2.05, 4.69) is 11.8 Å². The molecule has 0 spiro atoms. The topological polar surface area (TPSA) is 49.6 Å². The average molecular weight is 227 g/mol. The number of hydrogen-bond acceptors (Lipinski definition) is 3. The van der Waals surface area contributed by atoms with Crippen LogP contribution in [-0.2, 0) is 4.79 Å². The lowest BCUT2D eigenvalue weighted by Crippen LogP contribution is -2.45. The van der Waals surface area contributed by atoms with Gasteiger partial charge in [-0.25, -0.2) is 0 Å². The fourth-order valence-electron chi connectivity index (χ4n) is 2.13. The van der Waals surface area contributed by atoms with Crippen LogP contribution in [0.5, 0.6) is 0 Å². The predicted octanol–water partition coefficient (Wildman–Crippen LogP) is 0.668. The molecule has 1 aliphatic heterocycles. The summed E-state index contributed by atoms with van der Waals surface area (Å²) in [5, 5.41) is 0. The molecule has 0 aromatic heterocycles. The molecular weight excluding hydrogens is 202 g/mol. The normalized spacial score (nSPS) is 18.7. The lowest BCUT2D eigenvalue weighted by atomic mass is 10.1. The Kier molecular flexibility index (Phi) is 5.77. The molecule has 0 bridgehead atoms. The van der Waals surface area contributed by atoms with Crippen LogP contribution in [0.4, 0.5) is 0 Å². The Morgan fingerprint density at radius 3 is 2.50 bits per heavy atom. The summed E-state index contributed by atoms with van der Waals surface area (Å²) in [6.07, 6.45) is 3.07. The second-order valence-corrected chi connectivity index (χ2v) is 4.59. The molecule has 4 nitrogen and oxygen atoms in total. The van der Waals surface area contributed by atoms with Gasteiger partial charge < -0.3 is 10.6 Å². The molecule has 0 aromatic carbocycles. The molecule has 1 rings (SSSR count). The first-order valence-electron chi connectivity index (χ1n) is 6.43. The van der Waals surface area contributed by atoms with Gasteiger partial charge >= 0.3 is 0 Å². The highest BCUT2D eigenvalue weighted by molar-refractivity contribution is 5.78. The quantitative estimate of drug-likeness (QED) is 0.751. The third-order valence-electron chi connectivity index (χ3n) is 3.22. The Balaban J connectivity index is 2.32. The van der Waals surface area contributed by atoms with Crippen molar-refractivity contribution in [2.75, 3.05) is 32.7 Å². The molecule has 4 heteroatoms. The number of carbonyl (C=O) groups is 1. The lowest BCUT2D eigenvalue weighted by molar-refractivity contribution is -0.132. The second kappa shape index (κ2) is 6.86. The van der Waals surface area contributed by atoms with Crippen LogP contribution in [0.3, 0.4) is 0 Å². The summed E-state index contributed by atoms with van der Waals surface area (Å²) >= 11 is 0. The maximum Gasteiger partial charge on any atom is 0.236 e. The van der Waals surface area contributed by atoms with E-state index in [9.17, 15) is 4.79 Å². The van der Waals surface area contributed by atoms with Crippen LogP contribution in [0.15, 0.2) is 0 Å². The van der Waals surface area contributed by atoms with Gasteiger partial charge in [0.2, 0.25) is 5.91 Å². The van der Waals surface area contributed by atoms with Crippen LogP contribution in [0.2, 0.25) is 0 Å². The first kappa shape index (κ1) is 13.5. The standard InChI is InChI=1S/C12H25N3O/c1-3-7-15(4-2)12(16)10-14-8-5-11(13)6-9-14/h11H,3-10,13H2,1-2H3. The molecule has 2 N–H and O–H groups in total. The summed E-state index contributed by atoms with van der Waals surface area (Å²) in [4.78, 5) is 16.1. The molecule has 0 unspecified atom stereocenters. The number of piperidine rings is 1. The monoisotopic (exact) mass is 227 g/mol. The smallest absolute Gasteiger partial charge is 0.236 e. The number of nitrogens with zero attached hydrogens (tertiary/aromatic N) is 2. The lowest BCUT2D eigenvalue weighted by Gasteiger charge is -2.31. The summed E-state index contributed by atoms with van der Waals surface area (Å²) in [5.41, 5.74) is 5.84. The van der Waals surface area contributed by atoms with Gasteiger partial charge in [0.05, 0.1) is 6.54 Å². The van der Waals surface area contributed by atoms with Gasteiger partial charge in [-0.05, 0) is 26.2 Å². The SMILES string of the molecule is CCCN(CC)C(=O)CN1CCC(N)CC1. The molecule has 0 aliphatic carbocycles. The fraction of sp³-hybridized carbons (Fsp3) is 0.917. The van der Waals surface area contributed by atoms with Gasteiger partial charge in [-0.15, -0.1) is 0 Å². The van der Waals surface area contributed by atoms with Gasteiger partial charge in [-0.3, -0.25) is 9.69 Å². The van der Waals surface area contributed by atoms with Gasteiger partial charge in [-0.2, -0.15) is 0 Å². The van der Waals surface area contributed by atoms with E-state index in [1.54, 1.807) is 0 Å². The van der Waals surface area contributed by atoms with Crippen molar-refractivity contribution in [1.82, 2.24) is 9.80 Å². The second-order valence-electron chi connectivity index (χ2n) is 4.59. The van der Waals surface area contributed by atoms with Crippen molar-refractivity contribution in [2.45, 2.75) is 39.2 Å². The molecule has 0 saturated carbocycles. The minimum absolute atomic E-state index is 0.264. The van der Waals surface area contributed by atoms with Crippen molar-refractivity contribution < 1.29 is 4.79 Å². The van der Waals surface area contributed by atoms with Crippen molar-refractivity contribution in [1.29, 1.82) is 0 Å². The van der Waals surface area contributed by atoms with E-state index in [1.807, 2.05) is 11.8 Å². The largest absolute Gasteiger partial charge is 0.342 e. The van der Waals surface area contributed by atoms with E-state index in [0.717, 1.165) is 45.4 Å². The molecule has 1 heterocycles. The first-order chi connectivity index (χ1) is 7.67. The van der Waals surface area contributed by atoms with Crippen molar-refractivity contribution in [2.24, 2.45) is 5.73 Å². The summed E-state index contributed by atoms with van der Waals surface area (Å²) < 4.78 is 0. The summed E-state index contributed by atoms with van der Waals surface area (Å²) in [7, 11) is 0. The zero-order valence-corrected chi connectivity index (χ0v) is 10.6. The van der Waals surface area contributed by atoms with E-state index in [4.69, 9.17) is 5.73 Å². The van der Waals surface area contributed by atoms with Gasteiger partial charge in [0.25, 0.3) is 0 Å². The Hall–Kier alpha value is -0.610. The minimum atomic E-state index is 0.264. The van der Waals surface area contributed by atoms with Crippen molar-refractivity contribution >= 4 is 5.91 Å². The number of likely N-dealkylation sites (tertiary alicyclic amines) is 1. The summed E-state index contributed by atoms with van der Waals surface area (Å²) in [6.45, 7) is 8.35. The molecule has 0 aromatic rings. The Morgan fingerprint density at radius 1 is 1.38 bits per heavy atom. The number of nitrogens with two attached hydrogens (primary N) is 1. The summed E-state index contributed by atoms with van der Waals surface area (Å²) in [6, 6.07) is 0.337. The van der Waals surface area contributed by atoms with Crippen LogP contribution >= 0.6 is 0 Å². The Morgan fingerprint density at radius 2 is 2.00 bits per heavy atom. The average Bonchev–Trinajstić information content (AvgIpc) is 2.29. The van der Waals surface area contributed by atoms with Gasteiger partial charge in [0, 0.05) is 32.2 Å².